The molecule has 38 heavy (non-hydrogen) atoms. The summed E-state index contributed by atoms with van der Waals surface area (Å²) >= 11 is 5.97. The number of fused-ring (bicyclic) bond motifs is 1. The van der Waals surface area contributed by atoms with Crippen LogP contribution in [0.25, 0.3) is 0 Å². The van der Waals surface area contributed by atoms with Crippen LogP contribution in [-0.4, -0.2) is 40.6 Å². The first-order valence-electron chi connectivity index (χ1n) is 12.3. The van der Waals surface area contributed by atoms with Crippen molar-refractivity contribution in [1.29, 1.82) is 0 Å². The first kappa shape index (κ1) is 27.0. The van der Waals surface area contributed by atoms with Crippen LogP contribution in [-0.2, 0) is 30.7 Å². The molecule has 0 aliphatic carbocycles. The zero-order valence-corrected chi connectivity index (χ0v) is 22.0. The van der Waals surface area contributed by atoms with Gasteiger partial charge in [0.2, 0.25) is 0 Å². The Morgan fingerprint density at radius 1 is 0.947 bits per heavy atom. The third kappa shape index (κ3) is 5.58. The lowest BCUT2D eigenvalue weighted by molar-refractivity contribution is -0.185. The van der Waals surface area contributed by atoms with Crippen LogP contribution in [0.2, 0.25) is 5.02 Å². The number of hydrogen-bond acceptors (Lipinski definition) is 6. The molecule has 6 nitrogen and oxygen atoms in total. The molecule has 3 aromatic carbocycles. The lowest BCUT2D eigenvalue weighted by Gasteiger charge is -2.38. The molecule has 0 N–H and O–H groups in total. The van der Waals surface area contributed by atoms with Gasteiger partial charge in [-0.15, -0.1) is 0 Å². The number of sulfone groups is 1. The largest absolute Gasteiger partial charge is 0.490 e. The second-order valence-corrected chi connectivity index (χ2v) is 11.9. The van der Waals surface area contributed by atoms with Crippen LogP contribution >= 0.6 is 11.6 Å². The van der Waals surface area contributed by atoms with Crippen LogP contribution in [0.15, 0.2) is 71.6 Å². The van der Waals surface area contributed by atoms with Crippen molar-refractivity contribution in [3.8, 4) is 5.75 Å². The van der Waals surface area contributed by atoms with Gasteiger partial charge in [-0.3, -0.25) is 0 Å². The molecule has 0 radical (unpaired) electrons. The highest BCUT2D eigenvalue weighted by molar-refractivity contribution is 7.91. The van der Waals surface area contributed by atoms with Gasteiger partial charge in [-0.1, -0.05) is 41.9 Å². The van der Waals surface area contributed by atoms with Crippen LogP contribution < -0.4 is 4.74 Å². The molecule has 10 heteroatoms. The van der Waals surface area contributed by atoms with Gasteiger partial charge >= 0.3 is 0 Å². The van der Waals surface area contributed by atoms with E-state index in [1.54, 1.807) is 0 Å². The van der Waals surface area contributed by atoms with Crippen LogP contribution in [0.3, 0.4) is 0 Å². The summed E-state index contributed by atoms with van der Waals surface area (Å²) in [6.07, 6.45) is 0.400. The molecule has 2 aliphatic heterocycles. The van der Waals surface area contributed by atoms with E-state index in [1.807, 2.05) is 30.3 Å². The minimum atomic E-state index is -4.20. The molecule has 3 aromatic rings. The zero-order chi connectivity index (χ0) is 26.8. The third-order valence-electron chi connectivity index (χ3n) is 6.85. The first-order valence-corrected chi connectivity index (χ1v) is 14.2. The van der Waals surface area contributed by atoms with Crippen molar-refractivity contribution >= 4 is 21.4 Å². The number of ether oxygens (including phenoxy) is 4. The maximum atomic E-state index is 15.2. The zero-order valence-electron chi connectivity index (χ0n) is 20.4. The average Bonchev–Trinajstić information content (AvgIpc) is 3.38. The van der Waals surface area contributed by atoms with Gasteiger partial charge in [0, 0.05) is 23.8 Å². The second-order valence-electron chi connectivity index (χ2n) is 9.36. The highest BCUT2D eigenvalue weighted by Gasteiger charge is 2.49. The van der Waals surface area contributed by atoms with Gasteiger partial charge < -0.3 is 18.9 Å². The van der Waals surface area contributed by atoms with Gasteiger partial charge in [0.1, 0.15) is 11.1 Å². The predicted molar refractivity (Wildman–Crippen MR) is 137 cm³/mol. The second kappa shape index (κ2) is 11.3. The van der Waals surface area contributed by atoms with E-state index in [9.17, 15) is 12.8 Å². The Labute approximate surface area is 225 Å². The van der Waals surface area contributed by atoms with Crippen molar-refractivity contribution in [2.75, 3.05) is 26.4 Å². The summed E-state index contributed by atoms with van der Waals surface area (Å²) in [5, 5.41) is -1.08. The molecule has 0 bridgehead atoms. The molecule has 202 valence electrons. The number of benzene rings is 3. The Bertz CT molecular complexity index is 1360. The monoisotopic (exact) mass is 564 g/mol. The van der Waals surface area contributed by atoms with E-state index >= 15 is 4.39 Å². The van der Waals surface area contributed by atoms with Gasteiger partial charge in [0.15, 0.2) is 27.2 Å². The normalized spacial score (nSPS) is 20.6. The molecular weight excluding hydrogens is 538 g/mol. The highest BCUT2D eigenvalue weighted by Crippen LogP contribution is 2.49. The Morgan fingerprint density at radius 3 is 2.34 bits per heavy atom. The molecule has 1 saturated heterocycles. The van der Waals surface area contributed by atoms with Crippen molar-refractivity contribution in [2.45, 2.75) is 35.4 Å². The number of rotatable bonds is 9. The summed E-state index contributed by atoms with van der Waals surface area (Å²) in [5.41, 5.74) is 0.684. The topological polar surface area (TPSA) is 71.1 Å². The predicted octanol–water partition coefficient (Wildman–Crippen LogP) is 5.88. The molecule has 0 amide bonds. The van der Waals surface area contributed by atoms with Crippen molar-refractivity contribution < 1.29 is 36.1 Å². The minimum Gasteiger partial charge on any atom is -0.490 e. The first-order chi connectivity index (χ1) is 18.3. The molecule has 0 aromatic heterocycles. The molecule has 0 unspecified atom stereocenters. The average molecular weight is 565 g/mol. The van der Waals surface area contributed by atoms with Gasteiger partial charge in [0.25, 0.3) is 0 Å². The van der Waals surface area contributed by atoms with E-state index in [-0.39, 0.29) is 30.1 Å². The standard InChI is InChI=1S/C28H27ClF2O6S/c29-21-6-8-22(9-7-21)38(32,33)27-20(18-35-26-24(31)11-10-23(30)25(26)27)16-28(36-14-15-37-28)12-13-34-17-19-4-2-1-3-5-19/h1-11,20,27H,12-18H2/t20-,27+/m1/s1. The molecule has 0 spiro atoms. The summed E-state index contributed by atoms with van der Waals surface area (Å²) in [6, 6.07) is 17.1. The maximum Gasteiger partial charge on any atom is 0.186 e. The molecule has 1 fully saturated rings. The van der Waals surface area contributed by atoms with E-state index in [2.05, 4.69) is 0 Å². The van der Waals surface area contributed by atoms with Crippen LogP contribution in [0.4, 0.5) is 8.78 Å². The van der Waals surface area contributed by atoms with E-state index in [1.165, 1.54) is 24.3 Å². The number of hydrogen-bond donors (Lipinski definition) is 0. The molecule has 2 heterocycles. The molecule has 0 saturated carbocycles. The van der Waals surface area contributed by atoms with Crippen LogP contribution in [0, 0.1) is 17.6 Å². The molecule has 2 aliphatic rings. The lowest BCUT2D eigenvalue weighted by Crippen LogP contribution is -2.41. The summed E-state index contributed by atoms with van der Waals surface area (Å²) in [6.45, 7) is 1.16. The fourth-order valence-corrected chi connectivity index (χ4v) is 7.22. The van der Waals surface area contributed by atoms with Crippen LogP contribution in [0.5, 0.6) is 5.75 Å². The summed E-state index contributed by atoms with van der Waals surface area (Å²) in [5.74, 6) is -4.03. The van der Waals surface area contributed by atoms with Crippen molar-refractivity contribution in [3.05, 3.63) is 94.5 Å². The number of halogens is 3. The highest BCUT2D eigenvalue weighted by atomic mass is 35.5. The third-order valence-corrected chi connectivity index (χ3v) is 9.32. The summed E-state index contributed by atoms with van der Waals surface area (Å²) < 4.78 is 81.1. The van der Waals surface area contributed by atoms with E-state index in [0.717, 1.165) is 17.7 Å². The Kier molecular flexibility index (Phi) is 8.02. The van der Waals surface area contributed by atoms with Crippen molar-refractivity contribution in [2.24, 2.45) is 5.92 Å². The van der Waals surface area contributed by atoms with E-state index in [0.29, 0.717) is 31.3 Å². The smallest absolute Gasteiger partial charge is 0.186 e. The van der Waals surface area contributed by atoms with Gasteiger partial charge in [-0.25, -0.2) is 17.2 Å². The molecule has 5 rings (SSSR count). The summed E-state index contributed by atoms with van der Waals surface area (Å²) in [4.78, 5) is -0.0538. The maximum absolute atomic E-state index is 15.2. The SMILES string of the molecule is O=S(=O)(c1ccc(Cl)cc1)[C@@H]1c2c(F)ccc(F)c2OC[C@H]1CC1(CCOCc2ccccc2)OCCO1. The van der Waals surface area contributed by atoms with Gasteiger partial charge in [0.05, 0.1) is 43.5 Å². The van der Waals surface area contributed by atoms with Crippen molar-refractivity contribution in [3.63, 3.8) is 0 Å². The van der Waals surface area contributed by atoms with Crippen LogP contribution in [0.1, 0.15) is 29.2 Å². The Hall–Kier alpha value is -2.56. The minimum absolute atomic E-state index is 0.0538. The Balaban J connectivity index is 1.43. The quantitative estimate of drug-likeness (QED) is 0.302. The Morgan fingerprint density at radius 2 is 1.63 bits per heavy atom. The van der Waals surface area contributed by atoms with Gasteiger partial charge in [-0.2, -0.15) is 0 Å². The lowest BCUT2D eigenvalue weighted by atomic mass is 9.88. The summed E-state index contributed by atoms with van der Waals surface area (Å²) in [7, 11) is -4.20. The molecule has 2 atom stereocenters. The van der Waals surface area contributed by atoms with E-state index < -0.39 is 44.2 Å². The van der Waals surface area contributed by atoms with Crippen molar-refractivity contribution in [1.82, 2.24) is 0 Å². The fourth-order valence-electron chi connectivity index (χ4n) is 5.07. The van der Waals surface area contributed by atoms with Gasteiger partial charge in [-0.05, 0) is 42.0 Å². The molecular formula is C28H27ClF2O6S. The van der Waals surface area contributed by atoms with E-state index in [4.69, 9.17) is 30.5 Å². The fraction of sp³-hybridized carbons (Fsp3) is 0.357.